The van der Waals surface area contributed by atoms with Crippen molar-refractivity contribution in [1.29, 1.82) is 5.26 Å². The molecule has 0 N–H and O–H groups in total. The maximum absolute atomic E-state index is 8.96. The normalized spacial score (nSPS) is 9.81. The van der Waals surface area contributed by atoms with E-state index in [0.717, 1.165) is 14.4 Å². The fourth-order valence-electron chi connectivity index (χ4n) is 1.28. The zero-order chi connectivity index (χ0) is 11.5. The lowest BCUT2D eigenvalue weighted by molar-refractivity contribution is 0.411. The van der Waals surface area contributed by atoms with Crippen LogP contribution in [0, 0.1) is 11.3 Å². The summed E-state index contributed by atoms with van der Waals surface area (Å²) in [5, 5.41) is 8.96. The summed E-state index contributed by atoms with van der Waals surface area (Å²) in [6.45, 7) is 0. The van der Waals surface area contributed by atoms with Gasteiger partial charge in [-0.1, -0.05) is 0 Å². The van der Waals surface area contributed by atoms with E-state index >= 15 is 0 Å². The first-order valence-electron chi connectivity index (χ1n) is 4.44. The maximum atomic E-state index is 8.96. The molecule has 2 aromatic rings. The van der Waals surface area contributed by atoms with Gasteiger partial charge in [-0.05, 0) is 34.1 Å². The molecule has 0 amide bonds. The van der Waals surface area contributed by atoms with Crippen molar-refractivity contribution in [2.75, 3.05) is 7.11 Å². The van der Waals surface area contributed by atoms with Crippen molar-refractivity contribution in [2.45, 2.75) is 0 Å². The number of aromatic nitrogens is 1. The van der Waals surface area contributed by atoms with Gasteiger partial charge in [-0.3, -0.25) is 4.98 Å². The minimum atomic E-state index is 0.497. The number of methoxy groups -OCH3 is 1. The highest BCUT2D eigenvalue weighted by molar-refractivity contribution is 9.11. The monoisotopic (exact) mass is 294 g/mol. The van der Waals surface area contributed by atoms with E-state index in [9.17, 15) is 0 Å². The van der Waals surface area contributed by atoms with Crippen molar-refractivity contribution in [1.82, 2.24) is 4.98 Å². The number of ether oxygens (including phenoxy) is 1. The van der Waals surface area contributed by atoms with Gasteiger partial charge < -0.3 is 4.74 Å². The molecule has 0 saturated heterocycles. The van der Waals surface area contributed by atoms with E-state index in [1.807, 2.05) is 12.1 Å². The van der Waals surface area contributed by atoms with E-state index in [4.69, 9.17) is 10.00 Å². The van der Waals surface area contributed by atoms with Gasteiger partial charge in [-0.2, -0.15) is 5.26 Å². The van der Waals surface area contributed by atoms with Crippen molar-refractivity contribution >= 4 is 27.3 Å². The average molecular weight is 295 g/mol. The van der Waals surface area contributed by atoms with Gasteiger partial charge in [0.25, 0.3) is 0 Å². The minimum Gasteiger partial charge on any atom is -0.494 e. The highest BCUT2D eigenvalue weighted by Gasteiger charge is 2.08. The van der Waals surface area contributed by atoms with Crippen LogP contribution in [0.5, 0.6) is 5.75 Å². The van der Waals surface area contributed by atoms with Crippen molar-refractivity contribution in [3.63, 3.8) is 0 Å². The van der Waals surface area contributed by atoms with E-state index in [0.29, 0.717) is 11.3 Å². The van der Waals surface area contributed by atoms with Gasteiger partial charge in [0.05, 0.1) is 33.2 Å². The Hall–Kier alpha value is -1.38. The first kappa shape index (κ1) is 11.1. The molecular formula is C11H7BrN2OS. The van der Waals surface area contributed by atoms with E-state index in [1.165, 1.54) is 7.11 Å². The largest absolute Gasteiger partial charge is 0.494 e. The highest BCUT2D eigenvalue weighted by Crippen LogP contribution is 2.31. The molecule has 0 fully saturated rings. The summed E-state index contributed by atoms with van der Waals surface area (Å²) in [5.41, 5.74) is 1.28. The first-order valence-corrected chi connectivity index (χ1v) is 6.05. The molecule has 0 aliphatic rings. The van der Waals surface area contributed by atoms with Crippen LogP contribution in [0.3, 0.4) is 0 Å². The minimum absolute atomic E-state index is 0.497. The molecule has 0 aromatic carbocycles. The van der Waals surface area contributed by atoms with Crippen LogP contribution in [0.25, 0.3) is 10.6 Å². The Morgan fingerprint density at radius 3 is 2.88 bits per heavy atom. The average Bonchev–Trinajstić information content (AvgIpc) is 2.75. The summed E-state index contributed by atoms with van der Waals surface area (Å²) in [6, 6.07) is 7.74. The smallest absolute Gasteiger partial charge is 0.154 e. The number of pyridine rings is 1. The van der Waals surface area contributed by atoms with E-state index in [1.54, 1.807) is 23.6 Å². The Balaban J connectivity index is 2.48. The molecule has 0 aliphatic heterocycles. The second-order valence-corrected chi connectivity index (χ2v) is 5.45. The summed E-state index contributed by atoms with van der Waals surface area (Å²) >= 11 is 4.97. The number of rotatable bonds is 2. The van der Waals surface area contributed by atoms with Crippen LogP contribution in [-0.4, -0.2) is 12.1 Å². The summed E-state index contributed by atoms with van der Waals surface area (Å²) in [4.78, 5) is 5.27. The third kappa shape index (κ3) is 2.08. The number of hydrogen-bond donors (Lipinski definition) is 0. The van der Waals surface area contributed by atoms with Gasteiger partial charge in [0, 0.05) is 0 Å². The number of thiophene rings is 1. The molecule has 0 unspecified atom stereocenters. The Labute approximate surface area is 105 Å². The maximum Gasteiger partial charge on any atom is 0.154 e. The topological polar surface area (TPSA) is 45.9 Å². The Morgan fingerprint density at radius 1 is 1.50 bits per heavy atom. The molecule has 2 aromatic heterocycles. The van der Waals surface area contributed by atoms with Gasteiger partial charge >= 0.3 is 0 Å². The number of hydrogen-bond acceptors (Lipinski definition) is 4. The summed E-state index contributed by atoms with van der Waals surface area (Å²) in [5.74, 6) is 0.502. The first-order chi connectivity index (χ1) is 7.74. The van der Waals surface area contributed by atoms with Crippen molar-refractivity contribution < 1.29 is 4.74 Å². The standard InChI is InChI=1S/C11H7BrN2OS/c1-15-9-6-14-8(4-7(9)5-13)10-2-3-11(12)16-10/h2-4,6H,1H3. The van der Waals surface area contributed by atoms with Crippen LogP contribution in [0.1, 0.15) is 5.56 Å². The quantitative estimate of drug-likeness (QED) is 0.852. The molecule has 0 aliphatic carbocycles. The zero-order valence-electron chi connectivity index (χ0n) is 8.40. The number of nitriles is 1. The molecule has 0 bridgehead atoms. The fraction of sp³-hybridized carbons (Fsp3) is 0.0909. The summed E-state index contributed by atoms with van der Waals surface area (Å²) < 4.78 is 6.08. The third-order valence-electron chi connectivity index (χ3n) is 2.03. The number of halogens is 1. The Kier molecular flexibility index (Phi) is 3.22. The molecular weight excluding hydrogens is 288 g/mol. The lowest BCUT2D eigenvalue weighted by atomic mass is 10.2. The molecule has 0 spiro atoms. The van der Waals surface area contributed by atoms with Gasteiger partial charge in [0.2, 0.25) is 0 Å². The van der Waals surface area contributed by atoms with Gasteiger partial charge in [-0.25, -0.2) is 0 Å². The molecule has 0 atom stereocenters. The van der Waals surface area contributed by atoms with Gasteiger partial charge in [0.15, 0.2) is 5.75 Å². The van der Waals surface area contributed by atoms with Crippen LogP contribution >= 0.6 is 27.3 Å². The van der Waals surface area contributed by atoms with Crippen LogP contribution in [0.15, 0.2) is 28.2 Å². The lowest BCUT2D eigenvalue weighted by Crippen LogP contribution is -1.90. The molecule has 16 heavy (non-hydrogen) atoms. The molecule has 80 valence electrons. The highest BCUT2D eigenvalue weighted by atomic mass is 79.9. The number of nitrogens with zero attached hydrogens (tertiary/aromatic N) is 2. The van der Waals surface area contributed by atoms with Gasteiger partial charge in [-0.15, -0.1) is 11.3 Å². The van der Waals surface area contributed by atoms with Crippen LogP contribution < -0.4 is 4.74 Å². The fourth-order valence-corrected chi connectivity index (χ4v) is 2.63. The molecule has 2 heterocycles. The van der Waals surface area contributed by atoms with Gasteiger partial charge in [0.1, 0.15) is 6.07 Å². The Morgan fingerprint density at radius 2 is 2.31 bits per heavy atom. The van der Waals surface area contributed by atoms with Crippen molar-refractivity contribution in [3.8, 4) is 22.4 Å². The van der Waals surface area contributed by atoms with Crippen molar-refractivity contribution in [3.05, 3.63) is 33.7 Å². The zero-order valence-corrected chi connectivity index (χ0v) is 10.8. The molecule has 0 radical (unpaired) electrons. The summed E-state index contributed by atoms with van der Waals surface area (Å²) in [6.07, 6.45) is 1.57. The second kappa shape index (κ2) is 4.64. The second-order valence-electron chi connectivity index (χ2n) is 2.99. The van der Waals surface area contributed by atoms with Crippen molar-refractivity contribution in [2.24, 2.45) is 0 Å². The summed E-state index contributed by atoms with van der Waals surface area (Å²) in [7, 11) is 1.53. The lowest BCUT2D eigenvalue weighted by Gasteiger charge is -2.03. The predicted molar refractivity (Wildman–Crippen MR) is 66.5 cm³/mol. The molecule has 0 saturated carbocycles. The van der Waals surface area contributed by atoms with E-state index in [-0.39, 0.29) is 0 Å². The Bertz CT molecular complexity index is 559. The van der Waals surface area contributed by atoms with E-state index < -0.39 is 0 Å². The predicted octanol–water partition coefficient (Wildman–Crippen LogP) is 3.45. The van der Waals surface area contributed by atoms with Crippen LogP contribution in [0.2, 0.25) is 0 Å². The van der Waals surface area contributed by atoms with Crippen LogP contribution in [0.4, 0.5) is 0 Å². The third-order valence-corrected chi connectivity index (χ3v) is 3.68. The SMILES string of the molecule is COc1cnc(-c2ccc(Br)s2)cc1C#N. The molecule has 3 nitrogen and oxygen atoms in total. The molecule has 5 heteroatoms. The molecule has 2 rings (SSSR count). The van der Waals surface area contributed by atoms with E-state index in [2.05, 4.69) is 27.0 Å². The van der Waals surface area contributed by atoms with Crippen LogP contribution in [-0.2, 0) is 0 Å².